The molecule has 2 aromatic carbocycles. The van der Waals surface area contributed by atoms with E-state index in [1.807, 2.05) is 38.1 Å². The lowest BCUT2D eigenvalue weighted by Gasteiger charge is -2.18. The SMILES string of the molecule is CC(C)C[C@H](NC(N)=O)C(=O)Cc1cccc(-c2ccc(Oc3ccc(F)cc3)cc2)n1. The van der Waals surface area contributed by atoms with Crippen LogP contribution < -0.4 is 15.8 Å². The fourth-order valence-electron chi connectivity index (χ4n) is 3.29. The minimum Gasteiger partial charge on any atom is -0.457 e. The lowest BCUT2D eigenvalue weighted by Crippen LogP contribution is -2.45. The first kappa shape index (κ1) is 22.9. The van der Waals surface area contributed by atoms with E-state index < -0.39 is 12.1 Å². The second kappa shape index (κ2) is 10.5. The first-order valence-electron chi connectivity index (χ1n) is 10.4. The van der Waals surface area contributed by atoms with Crippen molar-refractivity contribution in [2.24, 2.45) is 11.7 Å². The van der Waals surface area contributed by atoms with E-state index in [1.54, 1.807) is 30.3 Å². The van der Waals surface area contributed by atoms with Crippen molar-refractivity contribution in [3.05, 3.63) is 78.2 Å². The number of ether oxygens (including phenoxy) is 1. The molecule has 166 valence electrons. The predicted octanol–water partition coefficient (Wildman–Crippen LogP) is 4.87. The molecule has 0 bridgehead atoms. The number of primary amides is 1. The Bertz CT molecular complexity index is 1070. The summed E-state index contributed by atoms with van der Waals surface area (Å²) in [6, 6.07) is 17.3. The van der Waals surface area contributed by atoms with Crippen LogP contribution in [0.2, 0.25) is 0 Å². The lowest BCUT2D eigenvalue weighted by molar-refractivity contribution is -0.120. The van der Waals surface area contributed by atoms with Crippen LogP contribution in [-0.2, 0) is 11.2 Å². The number of nitrogens with one attached hydrogen (secondary N) is 1. The van der Waals surface area contributed by atoms with Gasteiger partial charge in [-0.05, 0) is 73.0 Å². The summed E-state index contributed by atoms with van der Waals surface area (Å²) >= 11 is 0. The van der Waals surface area contributed by atoms with E-state index in [2.05, 4.69) is 10.3 Å². The number of ketones is 1. The molecular weight excluding hydrogens is 409 g/mol. The van der Waals surface area contributed by atoms with E-state index >= 15 is 0 Å². The Morgan fingerprint density at radius 3 is 2.22 bits per heavy atom. The van der Waals surface area contributed by atoms with Crippen LogP contribution in [0.25, 0.3) is 11.3 Å². The van der Waals surface area contributed by atoms with E-state index in [-0.39, 0.29) is 23.9 Å². The molecule has 1 atom stereocenters. The third-order valence-corrected chi connectivity index (χ3v) is 4.77. The zero-order valence-electron chi connectivity index (χ0n) is 18.0. The Balaban J connectivity index is 1.70. The number of hydrogen-bond acceptors (Lipinski definition) is 4. The molecule has 0 aliphatic rings. The Labute approximate surface area is 186 Å². The Morgan fingerprint density at radius 1 is 1.00 bits per heavy atom. The molecule has 2 amide bonds. The normalized spacial score (nSPS) is 11.8. The summed E-state index contributed by atoms with van der Waals surface area (Å²) < 4.78 is 18.7. The standard InChI is InChI=1S/C25H26FN3O3/c1-16(2)14-23(29-25(27)31)24(30)15-19-4-3-5-22(28-19)17-6-10-20(11-7-17)32-21-12-8-18(26)9-13-21/h3-13,16,23H,14-15H2,1-2H3,(H3,27,29,31)/t23-/m0/s1. The highest BCUT2D eigenvalue weighted by Gasteiger charge is 2.21. The zero-order valence-corrected chi connectivity index (χ0v) is 18.0. The number of rotatable bonds is 9. The Kier molecular flexibility index (Phi) is 7.54. The molecule has 3 N–H and O–H groups in total. The summed E-state index contributed by atoms with van der Waals surface area (Å²) in [5, 5.41) is 2.53. The molecule has 6 nitrogen and oxygen atoms in total. The van der Waals surface area contributed by atoms with Gasteiger partial charge in [0.05, 0.1) is 18.2 Å². The van der Waals surface area contributed by atoms with Crippen molar-refractivity contribution in [3.63, 3.8) is 0 Å². The maximum absolute atomic E-state index is 13.0. The van der Waals surface area contributed by atoms with Gasteiger partial charge in [-0.15, -0.1) is 0 Å². The smallest absolute Gasteiger partial charge is 0.312 e. The third kappa shape index (κ3) is 6.63. The first-order chi connectivity index (χ1) is 15.3. The lowest BCUT2D eigenvalue weighted by atomic mass is 9.97. The number of urea groups is 1. The molecule has 7 heteroatoms. The van der Waals surface area contributed by atoms with Crippen molar-refractivity contribution in [2.75, 3.05) is 0 Å². The Hall–Kier alpha value is -3.74. The Morgan fingerprint density at radius 2 is 1.62 bits per heavy atom. The number of pyridine rings is 1. The van der Waals surface area contributed by atoms with Gasteiger partial charge in [-0.3, -0.25) is 9.78 Å². The summed E-state index contributed by atoms with van der Waals surface area (Å²) in [7, 11) is 0. The summed E-state index contributed by atoms with van der Waals surface area (Å²) in [6.07, 6.45) is 0.605. The topological polar surface area (TPSA) is 94.3 Å². The fourth-order valence-corrected chi connectivity index (χ4v) is 3.29. The molecule has 1 aromatic heterocycles. The van der Waals surface area contributed by atoms with Crippen molar-refractivity contribution in [1.82, 2.24) is 10.3 Å². The third-order valence-electron chi connectivity index (χ3n) is 4.77. The minimum atomic E-state index is -0.714. The average molecular weight is 435 g/mol. The maximum atomic E-state index is 13.0. The zero-order chi connectivity index (χ0) is 23.1. The van der Waals surface area contributed by atoms with Crippen molar-refractivity contribution < 1.29 is 18.7 Å². The highest BCUT2D eigenvalue weighted by molar-refractivity contribution is 5.89. The minimum absolute atomic E-state index is 0.0945. The number of aromatic nitrogens is 1. The maximum Gasteiger partial charge on any atom is 0.312 e. The van der Waals surface area contributed by atoms with Gasteiger partial charge in [0.2, 0.25) is 0 Å². The second-order valence-electron chi connectivity index (χ2n) is 7.93. The van der Waals surface area contributed by atoms with E-state index in [0.717, 1.165) is 5.56 Å². The van der Waals surface area contributed by atoms with Crippen molar-refractivity contribution in [3.8, 4) is 22.8 Å². The van der Waals surface area contributed by atoms with Gasteiger partial charge in [-0.2, -0.15) is 0 Å². The molecule has 0 fully saturated rings. The number of Topliss-reactive ketones (excluding diaryl/α,β-unsaturated/α-hetero) is 1. The van der Waals surface area contributed by atoms with Crippen LogP contribution in [0.1, 0.15) is 26.0 Å². The van der Waals surface area contributed by atoms with Crippen LogP contribution >= 0.6 is 0 Å². The number of nitrogens with zero attached hydrogens (tertiary/aromatic N) is 1. The highest BCUT2D eigenvalue weighted by atomic mass is 19.1. The van der Waals surface area contributed by atoms with Crippen LogP contribution in [0.4, 0.5) is 9.18 Å². The first-order valence-corrected chi connectivity index (χ1v) is 10.4. The van der Waals surface area contributed by atoms with E-state index in [9.17, 15) is 14.0 Å². The van der Waals surface area contributed by atoms with E-state index in [1.165, 1.54) is 12.1 Å². The van der Waals surface area contributed by atoms with Crippen molar-refractivity contribution in [2.45, 2.75) is 32.7 Å². The van der Waals surface area contributed by atoms with Crippen LogP contribution in [0, 0.1) is 11.7 Å². The van der Waals surface area contributed by atoms with E-state index in [4.69, 9.17) is 10.5 Å². The van der Waals surface area contributed by atoms with Gasteiger partial charge >= 0.3 is 6.03 Å². The quantitative estimate of drug-likeness (QED) is 0.501. The number of nitrogens with two attached hydrogens (primary N) is 1. The number of carbonyl (C=O) groups excluding carboxylic acids is 2. The van der Waals surface area contributed by atoms with Gasteiger partial charge in [0.25, 0.3) is 0 Å². The molecule has 0 unspecified atom stereocenters. The van der Waals surface area contributed by atoms with Gasteiger partial charge in [0, 0.05) is 11.3 Å². The molecule has 0 aliphatic carbocycles. The molecule has 0 radical (unpaired) electrons. The number of hydrogen-bond donors (Lipinski definition) is 2. The van der Waals surface area contributed by atoms with Gasteiger partial charge in [-0.25, -0.2) is 9.18 Å². The summed E-state index contributed by atoms with van der Waals surface area (Å²) in [4.78, 5) is 28.6. The van der Waals surface area contributed by atoms with Gasteiger partial charge < -0.3 is 15.8 Å². The fraction of sp³-hybridized carbons (Fsp3) is 0.240. The molecule has 3 rings (SSSR count). The average Bonchev–Trinajstić information content (AvgIpc) is 2.75. The highest BCUT2D eigenvalue weighted by Crippen LogP contribution is 2.25. The molecule has 0 spiro atoms. The molecule has 0 aliphatic heterocycles. The number of benzene rings is 2. The largest absolute Gasteiger partial charge is 0.457 e. The van der Waals surface area contributed by atoms with Crippen LogP contribution in [0.15, 0.2) is 66.7 Å². The molecule has 3 aromatic rings. The molecular formula is C25H26FN3O3. The van der Waals surface area contributed by atoms with Crippen molar-refractivity contribution in [1.29, 1.82) is 0 Å². The monoisotopic (exact) mass is 435 g/mol. The summed E-state index contributed by atoms with van der Waals surface area (Å²) in [6.45, 7) is 3.95. The van der Waals surface area contributed by atoms with Crippen LogP contribution in [0.3, 0.4) is 0 Å². The predicted molar refractivity (Wildman–Crippen MR) is 121 cm³/mol. The van der Waals surface area contributed by atoms with Gasteiger partial charge in [0.1, 0.15) is 17.3 Å². The molecule has 0 saturated heterocycles. The number of carbonyl (C=O) groups is 2. The van der Waals surface area contributed by atoms with Crippen molar-refractivity contribution >= 4 is 11.8 Å². The van der Waals surface area contributed by atoms with Crippen LogP contribution in [0.5, 0.6) is 11.5 Å². The number of halogens is 1. The number of amides is 2. The second-order valence-corrected chi connectivity index (χ2v) is 7.93. The van der Waals surface area contributed by atoms with E-state index in [0.29, 0.717) is 29.3 Å². The molecule has 0 saturated carbocycles. The van der Waals surface area contributed by atoms with Gasteiger partial charge in [0.15, 0.2) is 5.78 Å². The van der Waals surface area contributed by atoms with Gasteiger partial charge in [-0.1, -0.05) is 19.9 Å². The molecule has 1 heterocycles. The summed E-state index contributed by atoms with van der Waals surface area (Å²) in [5.41, 5.74) is 7.41. The molecule has 32 heavy (non-hydrogen) atoms. The summed E-state index contributed by atoms with van der Waals surface area (Å²) in [5.74, 6) is 0.924. The van der Waals surface area contributed by atoms with Crippen LogP contribution in [-0.4, -0.2) is 22.8 Å².